The Morgan fingerprint density at radius 2 is 2.00 bits per heavy atom. The van der Waals surface area contributed by atoms with Crippen LogP contribution in [-0.4, -0.2) is 22.2 Å². The number of carbonyl (C=O) groups excluding carboxylic acids is 1. The summed E-state index contributed by atoms with van der Waals surface area (Å²) < 4.78 is 20.4. The summed E-state index contributed by atoms with van der Waals surface area (Å²) in [6.07, 6.45) is 0. The van der Waals surface area contributed by atoms with Crippen LogP contribution in [0, 0.1) is 0 Å². The highest BCUT2D eigenvalue weighted by Crippen LogP contribution is 2.32. The summed E-state index contributed by atoms with van der Waals surface area (Å²) >= 11 is 6.95. The molecule has 6 heteroatoms. The van der Waals surface area contributed by atoms with E-state index in [4.69, 9.17) is 11.6 Å². The van der Waals surface area contributed by atoms with Gasteiger partial charge in [-0.2, -0.15) is 0 Å². The first kappa shape index (κ1) is 11.6. The van der Waals surface area contributed by atoms with Crippen LogP contribution in [-0.2, 0) is 14.6 Å². The first-order chi connectivity index (χ1) is 4.75. The van der Waals surface area contributed by atoms with Gasteiger partial charge in [0.15, 0.2) is 15.6 Å². The molecule has 66 valence electrons. The number of alkyl halides is 2. The molecular weight excluding hydrogens is 302 g/mol. The molecule has 0 aromatic heterocycles. The molecular formula is C5H8ClIO3S. The first-order valence-electron chi connectivity index (χ1n) is 2.87. The summed E-state index contributed by atoms with van der Waals surface area (Å²) in [5, 5.41) is 0. The molecule has 11 heavy (non-hydrogen) atoms. The van der Waals surface area contributed by atoms with Crippen LogP contribution in [0.3, 0.4) is 0 Å². The molecule has 0 amide bonds. The summed E-state index contributed by atoms with van der Waals surface area (Å²) in [5.74, 6) is -0.680. The van der Waals surface area contributed by atoms with Crippen molar-refractivity contribution in [3.8, 4) is 0 Å². The van der Waals surface area contributed by atoms with E-state index in [1.807, 2.05) is 0 Å². The Balaban J connectivity index is 5.01. The molecule has 0 fully saturated rings. The number of sulfone groups is 1. The Hall–Kier alpha value is 0.640. The third-order valence-corrected chi connectivity index (χ3v) is 6.75. The van der Waals surface area contributed by atoms with Gasteiger partial charge in [-0.3, -0.25) is 4.79 Å². The van der Waals surface area contributed by atoms with Crippen molar-refractivity contribution in [2.75, 3.05) is 5.75 Å². The summed E-state index contributed by atoms with van der Waals surface area (Å²) in [6.45, 7) is 2.61. The Morgan fingerprint density at radius 1 is 1.64 bits per heavy atom. The van der Waals surface area contributed by atoms with Crippen LogP contribution in [0.2, 0.25) is 0 Å². The van der Waals surface area contributed by atoms with Gasteiger partial charge in [0.05, 0.1) is 5.75 Å². The number of ketones is 1. The highest BCUT2D eigenvalue weighted by Gasteiger charge is 2.42. The lowest BCUT2D eigenvalue weighted by atomic mass is 10.5. The standard InChI is InChI=1S/C5H8ClIO3S/c1-3-11(9,10)5(6,7)4(2)8/h3H2,1-2H3/t5-/m1/s1. The first-order valence-corrected chi connectivity index (χ1v) is 5.97. The normalized spacial score (nSPS) is 17.5. The quantitative estimate of drug-likeness (QED) is 0.584. The third-order valence-electron chi connectivity index (χ3n) is 1.18. The minimum Gasteiger partial charge on any atom is -0.296 e. The zero-order valence-corrected chi connectivity index (χ0v) is 9.83. The van der Waals surface area contributed by atoms with Crippen LogP contribution < -0.4 is 0 Å². The van der Waals surface area contributed by atoms with Crippen molar-refractivity contribution in [2.45, 2.75) is 16.1 Å². The Morgan fingerprint density at radius 3 is 2.09 bits per heavy atom. The van der Waals surface area contributed by atoms with Crippen molar-refractivity contribution in [3.05, 3.63) is 0 Å². The molecule has 0 radical (unpaired) electrons. The number of rotatable bonds is 3. The Kier molecular flexibility index (Phi) is 3.78. The fourth-order valence-corrected chi connectivity index (χ4v) is 2.46. The Bertz CT molecular complexity index is 257. The summed E-state index contributed by atoms with van der Waals surface area (Å²) in [5.41, 5.74) is 0. The fourth-order valence-electron chi connectivity index (χ4n) is 0.400. The van der Waals surface area contributed by atoms with Crippen molar-refractivity contribution < 1.29 is 13.2 Å². The van der Waals surface area contributed by atoms with Crippen LogP contribution >= 0.6 is 34.2 Å². The van der Waals surface area contributed by atoms with Gasteiger partial charge < -0.3 is 0 Å². The largest absolute Gasteiger partial charge is 0.296 e. The summed E-state index contributed by atoms with van der Waals surface area (Å²) in [7, 11) is -3.49. The predicted octanol–water partition coefficient (Wildman–Crippen LogP) is 1.34. The maximum atomic E-state index is 11.1. The SMILES string of the molecule is CCS(=O)(=O)[C@](Cl)(I)C(C)=O. The van der Waals surface area contributed by atoms with E-state index in [0.29, 0.717) is 0 Å². The van der Waals surface area contributed by atoms with E-state index >= 15 is 0 Å². The van der Waals surface area contributed by atoms with Crippen molar-refractivity contribution in [3.63, 3.8) is 0 Å². The van der Waals surface area contributed by atoms with Crippen LogP contribution in [0.5, 0.6) is 0 Å². The van der Waals surface area contributed by atoms with Gasteiger partial charge in [0.2, 0.25) is 0 Å². The summed E-state index contributed by atoms with van der Waals surface area (Å²) in [6, 6.07) is 0. The smallest absolute Gasteiger partial charge is 0.252 e. The van der Waals surface area contributed by atoms with E-state index in [2.05, 4.69) is 0 Å². The topological polar surface area (TPSA) is 51.2 Å². The van der Waals surface area contributed by atoms with Crippen molar-refractivity contribution in [2.24, 2.45) is 0 Å². The third kappa shape index (κ3) is 2.29. The molecule has 0 aliphatic rings. The maximum absolute atomic E-state index is 11.1. The molecule has 0 saturated heterocycles. The number of halogens is 2. The molecule has 3 nitrogen and oxygen atoms in total. The molecule has 0 spiro atoms. The number of carbonyl (C=O) groups is 1. The van der Waals surface area contributed by atoms with E-state index in [-0.39, 0.29) is 5.75 Å². The fraction of sp³-hybridized carbons (Fsp3) is 0.800. The van der Waals surface area contributed by atoms with Crippen LogP contribution in [0.4, 0.5) is 0 Å². The monoisotopic (exact) mass is 310 g/mol. The lowest BCUT2D eigenvalue weighted by Gasteiger charge is -2.15. The molecule has 0 saturated carbocycles. The van der Waals surface area contributed by atoms with Gasteiger partial charge in [0.1, 0.15) is 0 Å². The average Bonchev–Trinajstić information content (AvgIpc) is 1.87. The number of hydrogen-bond acceptors (Lipinski definition) is 3. The average molecular weight is 311 g/mol. The van der Waals surface area contributed by atoms with Gasteiger partial charge in [-0.05, 0) is 29.5 Å². The molecule has 0 N–H and O–H groups in total. The second-order valence-corrected chi connectivity index (χ2v) is 8.17. The second kappa shape index (κ2) is 3.57. The molecule has 0 rings (SSSR count). The molecule has 0 unspecified atom stereocenters. The van der Waals surface area contributed by atoms with E-state index in [0.717, 1.165) is 6.92 Å². The zero-order chi connectivity index (χ0) is 9.28. The van der Waals surface area contributed by atoms with E-state index < -0.39 is 17.8 Å². The number of Topliss-reactive ketones (excluding diaryl/α,β-unsaturated/α-hetero) is 1. The molecule has 1 atom stereocenters. The van der Waals surface area contributed by atoms with Gasteiger partial charge in [0, 0.05) is 0 Å². The zero-order valence-electron chi connectivity index (χ0n) is 6.10. The van der Waals surface area contributed by atoms with E-state index in [1.54, 1.807) is 0 Å². The minimum absolute atomic E-state index is 0.126. The van der Waals surface area contributed by atoms with Crippen LogP contribution in [0.1, 0.15) is 13.8 Å². The molecule has 0 bridgehead atoms. The second-order valence-electron chi connectivity index (χ2n) is 1.98. The molecule has 0 heterocycles. The van der Waals surface area contributed by atoms with E-state index in [1.165, 1.54) is 29.5 Å². The molecule has 0 aromatic rings. The highest BCUT2D eigenvalue weighted by molar-refractivity contribution is 14.1. The van der Waals surface area contributed by atoms with Crippen LogP contribution in [0.15, 0.2) is 0 Å². The van der Waals surface area contributed by atoms with E-state index in [9.17, 15) is 13.2 Å². The van der Waals surface area contributed by atoms with Gasteiger partial charge in [0.25, 0.3) is 2.21 Å². The van der Waals surface area contributed by atoms with Crippen molar-refractivity contribution in [1.29, 1.82) is 0 Å². The predicted molar refractivity (Wildman–Crippen MR) is 52.7 cm³/mol. The van der Waals surface area contributed by atoms with Gasteiger partial charge in [-0.15, -0.1) is 0 Å². The van der Waals surface area contributed by atoms with Crippen LogP contribution in [0.25, 0.3) is 0 Å². The van der Waals surface area contributed by atoms with Crippen molar-refractivity contribution in [1.82, 2.24) is 0 Å². The van der Waals surface area contributed by atoms with Gasteiger partial charge in [-0.1, -0.05) is 18.5 Å². The molecule has 0 aromatic carbocycles. The maximum Gasteiger partial charge on any atom is 0.252 e. The minimum atomic E-state index is -3.49. The molecule has 0 aliphatic carbocycles. The Labute approximate surface area is 84.6 Å². The lowest BCUT2D eigenvalue weighted by molar-refractivity contribution is -0.115. The summed E-state index contributed by atoms with van der Waals surface area (Å²) in [4.78, 5) is 10.8. The highest BCUT2D eigenvalue weighted by atomic mass is 127. The lowest BCUT2D eigenvalue weighted by Crippen LogP contribution is -2.34. The molecule has 0 aliphatic heterocycles. The van der Waals surface area contributed by atoms with Gasteiger partial charge in [-0.25, -0.2) is 8.42 Å². The van der Waals surface area contributed by atoms with Crippen molar-refractivity contribution >= 4 is 49.8 Å². The van der Waals surface area contributed by atoms with Gasteiger partial charge >= 0.3 is 0 Å². The number of hydrogen-bond donors (Lipinski definition) is 0.